The Bertz CT molecular complexity index is 525. The molecule has 0 aromatic heterocycles. The van der Waals surface area contributed by atoms with Crippen molar-refractivity contribution in [1.29, 1.82) is 0 Å². The van der Waals surface area contributed by atoms with Gasteiger partial charge in [0.25, 0.3) is 5.91 Å². The molecule has 1 heterocycles. The second-order valence-electron chi connectivity index (χ2n) is 5.55. The number of hydrogen-bond donors (Lipinski definition) is 1. The Labute approximate surface area is 115 Å². The fraction of sp³-hybridized carbons (Fsp3) is 0.500. The molecule has 0 spiro atoms. The molecule has 110 valence electrons. The van der Waals surface area contributed by atoms with Crippen LogP contribution in [0.15, 0.2) is 24.3 Å². The van der Waals surface area contributed by atoms with E-state index < -0.39 is 17.6 Å². The zero-order valence-electron chi connectivity index (χ0n) is 11.4. The first-order valence-electron chi connectivity index (χ1n) is 6.40. The highest BCUT2D eigenvalue weighted by Crippen LogP contribution is 2.35. The van der Waals surface area contributed by atoms with Gasteiger partial charge in [0.2, 0.25) is 0 Å². The number of halogens is 3. The van der Waals surface area contributed by atoms with E-state index >= 15 is 0 Å². The predicted octanol–water partition coefficient (Wildman–Crippen LogP) is 2.49. The molecule has 2 rings (SSSR count). The van der Waals surface area contributed by atoms with Crippen molar-refractivity contribution in [3.63, 3.8) is 0 Å². The molecule has 1 aromatic carbocycles. The van der Waals surface area contributed by atoms with E-state index in [0.717, 1.165) is 23.8 Å². The minimum Gasteiger partial charge on any atom is -0.310 e. The maximum atomic E-state index is 12.9. The molecule has 1 aliphatic heterocycles. The Morgan fingerprint density at radius 3 is 2.55 bits per heavy atom. The molecule has 0 radical (unpaired) electrons. The summed E-state index contributed by atoms with van der Waals surface area (Å²) in [5.74, 6) is -1.01. The van der Waals surface area contributed by atoms with Crippen molar-refractivity contribution < 1.29 is 18.0 Å². The van der Waals surface area contributed by atoms with E-state index in [0.29, 0.717) is 5.69 Å². The summed E-state index contributed by atoms with van der Waals surface area (Å²) in [6.07, 6.45) is -4.03. The Morgan fingerprint density at radius 1 is 1.35 bits per heavy atom. The summed E-state index contributed by atoms with van der Waals surface area (Å²) in [6, 6.07) is 7.00. The van der Waals surface area contributed by atoms with Crippen molar-refractivity contribution in [3.05, 3.63) is 29.8 Å². The number of amides is 1. The van der Waals surface area contributed by atoms with Crippen molar-refractivity contribution in [2.24, 2.45) is 11.7 Å². The van der Waals surface area contributed by atoms with Gasteiger partial charge in [0, 0.05) is 12.2 Å². The van der Waals surface area contributed by atoms with Crippen molar-refractivity contribution in [2.75, 3.05) is 11.4 Å². The summed E-state index contributed by atoms with van der Waals surface area (Å²) in [7, 11) is 0. The van der Waals surface area contributed by atoms with E-state index in [4.69, 9.17) is 5.73 Å². The van der Waals surface area contributed by atoms with Gasteiger partial charge in [0.1, 0.15) is 0 Å². The van der Waals surface area contributed by atoms with Gasteiger partial charge in [-0.25, -0.2) is 0 Å². The lowest BCUT2D eigenvalue weighted by molar-refractivity contribution is -0.185. The summed E-state index contributed by atoms with van der Waals surface area (Å²) in [4.78, 5) is 13.4. The monoisotopic (exact) mass is 286 g/mol. The molecule has 2 N–H and O–H groups in total. The molecule has 0 saturated carbocycles. The fourth-order valence-electron chi connectivity index (χ4n) is 2.39. The van der Waals surface area contributed by atoms with Crippen LogP contribution in [0.25, 0.3) is 0 Å². The van der Waals surface area contributed by atoms with Crippen molar-refractivity contribution >= 4 is 11.6 Å². The number of carbonyl (C=O) groups excluding carboxylic acids is 1. The Hall–Kier alpha value is -1.56. The van der Waals surface area contributed by atoms with Crippen LogP contribution in [0.5, 0.6) is 0 Å². The highest BCUT2D eigenvalue weighted by Gasteiger charge is 2.56. The third kappa shape index (κ3) is 2.40. The molecular formula is C14H17F3N2O. The Morgan fingerprint density at radius 2 is 1.95 bits per heavy atom. The molecule has 0 fully saturated rings. The first-order valence-corrected chi connectivity index (χ1v) is 6.40. The van der Waals surface area contributed by atoms with Crippen LogP contribution < -0.4 is 10.6 Å². The molecule has 20 heavy (non-hydrogen) atoms. The van der Waals surface area contributed by atoms with Crippen LogP contribution in [0.4, 0.5) is 18.9 Å². The highest BCUT2D eigenvalue weighted by atomic mass is 19.4. The number of carbonyl (C=O) groups is 1. The van der Waals surface area contributed by atoms with Crippen molar-refractivity contribution in [3.8, 4) is 0 Å². The first-order chi connectivity index (χ1) is 9.14. The SMILES string of the molecule is CC1Cc2ccccc2N(C(=O)C(C)(N)C(F)(F)F)C1. The molecule has 1 aliphatic rings. The second kappa shape index (κ2) is 4.77. The van der Waals surface area contributed by atoms with Gasteiger partial charge in [-0.05, 0) is 30.9 Å². The van der Waals surface area contributed by atoms with Crippen LogP contribution in [0.2, 0.25) is 0 Å². The van der Waals surface area contributed by atoms with Crippen LogP contribution >= 0.6 is 0 Å². The average molecular weight is 286 g/mol. The summed E-state index contributed by atoms with van der Waals surface area (Å²) in [5, 5.41) is 0. The lowest BCUT2D eigenvalue weighted by Gasteiger charge is -2.38. The van der Waals surface area contributed by atoms with Crippen LogP contribution in [-0.4, -0.2) is 24.2 Å². The third-order valence-corrected chi connectivity index (χ3v) is 3.62. The van der Waals surface area contributed by atoms with Crippen molar-refractivity contribution in [2.45, 2.75) is 32.0 Å². The normalized spacial score (nSPS) is 22.1. The third-order valence-electron chi connectivity index (χ3n) is 3.62. The van der Waals surface area contributed by atoms with Gasteiger partial charge in [0.15, 0.2) is 5.54 Å². The number of rotatable bonds is 1. The first kappa shape index (κ1) is 14.8. The molecule has 1 aromatic rings. The topological polar surface area (TPSA) is 46.3 Å². The Balaban J connectivity index is 2.41. The van der Waals surface area contributed by atoms with Gasteiger partial charge in [-0.15, -0.1) is 0 Å². The smallest absolute Gasteiger partial charge is 0.310 e. The maximum Gasteiger partial charge on any atom is 0.415 e. The molecule has 2 unspecified atom stereocenters. The zero-order chi connectivity index (χ0) is 15.1. The van der Waals surface area contributed by atoms with E-state index in [1.807, 2.05) is 19.1 Å². The molecule has 6 heteroatoms. The molecule has 0 aliphatic carbocycles. The van der Waals surface area contributed by atoms with Gasteiger partial charge < -0.3 is 10.6 Å². The van der Waals surface area contributed by atoms with E-state index in [2.05, 4.69) is 0 Å². The number of nitrogens with two attached hydrogens (primary N) is 1. The summed E-state index contributed by atoms with van der Waals surface area (Å²) >= 11 is 0. The summed E-state index contributed by atoms with van der Waals surface area (Å²) in [5.41, 5.74) is 3.77. The number of nitrogens with zero attached hydrogens (tertiary/aromatic N) is 1. The lowest BCUT2D eigenvalue weighted by Crippen LogP contribution is -2.63. The van der Waals surface area contributed by atoms with Gasteiger partial charge >= 0.3 is 6.18 Å². The van der Waals surface area contributed by atoms with Crippen LogP contribution in [0.1, 0.15) is 19.4 Å². The molecule has 3 nitrogen and oxygen atoms in total. The largest absolute Gasteiger partial charge is 0.415 e. The average Bonchev–Trinajstić information content (AvgIpc) is 2.35. The van der Waals surface area contributed by atoms with Crippen molar-refractivity contribution in [1.82, 2.24) is 0 Å². The summed E-state index contributed by atoms with van der Waals surface area (Å²) < 4.78 is 38.8. The van der Waals surface area contributed by atoms with Gasteiger partial charge in [-0.1, -0.05) is 25.1 Å². The van der Waals surface area contributed by atoms with Gasteiger partial charge in [-0.3, -0.25) is 4.79 Å². The van der Waals surface area contributed by atoms with Gasteiger partial charge in [-0.2, -0.15) is 13.2 Å². The molecule has 0 saturated heterocycles. The molecule has 0 bridgehead atoms. The predicted molar refractivity (Wildman–Crippen MR) is 70.3 cm³/mol. The molecule has 2 atom stereocenters. The molecular weight excluding hydrogens is 269 g/mol. The van der Waals surface area contributed by atoms with Gasteiger partial charge in [0.05, 0.1) is 0 Å². The number of alkyl halides is 3. The van der Waals surface area contributed by atoms with Crippen LogP contribution in [-0.2, 0) is 11.2 Å². The fourth-order valence-corrected chi connectivity index (χ4v) is 2.39. The number of anilines is 1. The lowest BCUT2D eigenvalue weighted by atomic mass is 9.91. The van der Waals surface area contributed by atoms with E-state index in [1.54, 1.807) is 12.1 Å². The number of para-hydroxylation sites is 1. The number of benzene rings is 1. The zero-order valence-corrected chi connectivity index (χ0v) is 11.4. The van der Waals surface area contributed by atoms with E-state index in [-0.39, 0.29) is 12.5 Å². The number of fused-ring (bicyclic) bond motifs is 1. The maximum absolute atomic E-state index is 12.9. The number of hydrogen-bond acceptors (Lipinski definition) is 2. The minimum absolute atomic E-state index is 0.0953. The second-order valence-corrected chi connectivity index (χ2v) is 5.55. The van der Waals surface area contributed by atoms with Crippen LogP contribution in [0.3, 0.4) is 0 Å². The Kier molecular flexibility index (Phi) is 3.54. The molecule has 1 amide bonds. The summed E-state index contributed by atoms with van der Waals surface area (Å²) in [6.45, 7) is 2.87. The van der Waals surface area contributed by atoms with E-state index in [1.165, 1.54) is 0 Å². The highest BCUT2D eigenvalue weighted by molar-refractivity contribution is 6.01. The van der Waals surface area contributed by atoms with Crippen LogP contribution in [0, 0.1) is 5.92 Å². The minimum atomic E-state index is -4.78. The quantitative estimate of drug-likeness (QED) is 0.862. The van der Waals surface area contributed by atoms with E-state index in [9.17, 15) is 18.0 Å². The standard InChI is InChI=1S/C14H17F3N2O/c1-9-7-10-5-3-4-6-11(10)19(8-9)12(20)13(2,18)14(15,16)17/h3-6,9H,7-8,18H2,1-2H3.